The molecule has 35 heavy (non-hydrogen) atoms. The van der Waals surface area contributed by atoms with E-state index in [0.29, 0.717) is 42.5 Å². The third-order valence-electron chi connectivity index (χ3n) is 6.63. The van der Waals surface area contributed by atoms with Crippen LogP contribution in [-0.4, -0.2) is 71.3 Å². The Kier molecular flexibility index (Phi) is 8.20. The number of hydrogen-bond donors (Lipinski definition) is 2. The van der Waals surface area contributed by atoms with Crippen LogP contribution in [0.4, 0.5) is 4.79 Å². The Morgan fingerprint density at radius 1 is 1.06 bits per heavy atom. The molecule has 2 aromatic rings. The number of amides is 1. The van der Waals surface area contributed by atoms with Crippen LogP contribution in [0.2, 0.25) is 10.0 Å². The van der Waals surface area contributed by atoms with Crippen molar-refractivity contribution in [3.05, 3.63) is 81.4 Å². The molecule has 0 saturated carbocycles. The van der Waals surface area contributed by atoms with Crippen LogP contribution in [0.1, 0.15) is 17.5 Å². The minimum absolute atomic E-state index is 0.116. The Morgan fingerprint density at radius 2 is 1.66 bits per heavy atom. The molecule has 2 heterocycles. The summed E-state index contributed by atoms with van der Waals surface area (Å²) in [6.07, 6.45) is 2.76. The zero-order valence-electron chi connectivity index (χ0n) is 19.1. The summed E-state index contributed by atoms with van der Waals surface area (Å²) in [6.45, 7) is 1.64. The van der Waals surface area contributed by atoms with Crippen molar-refractivity contribution in [2.24, 2.45) is 0 Å². The van der Waals surface area contributed by atoms with Gasteiger partial charge in [0.05, 0.1) is 11.5 Å². The maximum Gasteiger partial charge on any atom is 0.278 e. The lowest BCUT2D eigenvalue weighted by molar-refractivity contribution is -0.141. The molecule has 2 aromatic carbocycles. The maximum absolute atomic E-state index is 13.1. The Balaban J connectivity index is 1.48. The summed E-state index contributed by atoms with van der Waals surface area (Å²) in [7, 11) is -3.58. The lowest BCUT2D eigenvalue weighted by Gasteiger charge is -2.54. The average Bonchev–Trinajstić information content (AvgIpc) is 2.79. The van der Waals surface area contributed by atoms with Gasteiger partial charge in [-0.15, -0.1) is 0 Å². The minimum atomic E-state index is -3.58. The van der Waals surface area contributed by atoms with Gasteiger partial charge in [-0.25, -0.2) is 8.42 Å². The van der Waals surface area contributed by atoms with Gasteiger partial charge < -0.3 is 10.0 Å². The van der Waals surface area contributed by atoms with Crippen molar-refractivity contribution in [2.45, 2.75) is 31.0 Å². The zero-order valence-corrected chi connectivity index (χ0v) is 22.3. The molecular formula is C25H28Cl2N2O4S2. The van der Waals surface area contributed by atoms with E-state index < -0.39 is 15.4 Å². The number of β-amino-alcohol motifs (C(OH)–C–C–N with tert-alkyl or cyclic N) is 1. The number of thiol groups is 1. The fraction of sp³-hybridized carbons (Fsp3) is 0.400. The molecule has 1 amide bonds. The zero-order chi connectivity index (χ0) is 25.2. The summed E-state index contributed by atoms with van der Waals surface area (Å²) in [5, 5.41) is 12.5. The van der Waals surface area contributed by atoms with E-state index in [1.54, 1.807) is 23.1 Å². The number of carbonyl (C=O) groups excluding carboxylic acids is 1. The van der Waals surface area contributed by atoms with Crippen molar-refractivity contribution in [2.75, 3.05) is 31.1 Å². The first-order valence-corrected chi connectivity index (χ1v) is 14.4. The van der Waals surface area contributed by atoms with E-state index in [1.807, 2.05) is 36.4 Å². The van der Waals surface area contributed by atoms with E-state index in [4.69, 9.17) is 23.2 Å². The Morgan fingerprint density at radius 3 is 2.20 bits per heavy atom. The highest BCUT2D eigenvalue weighted by Crippen LogP contribution is 2.35. The molecule has 1 N–H and O–H groups in total. The average molecular weight is 556 g/mol. The molecular weight excluding hydrogens is 527 g/mol. The molecule has 2 atom stereocenters. The number of nitrogens with zero attached hydrogens (tertiary/aromatic N) is 2. The number of halogens is 2. The molecule has 1 fully saturated rings. The first-order valence-electron chi connectivity index (χ1n) is 11.3. The molecule has 2 aliphatic heterocycles. The van der Waals surface area contributed by atoms with Gasteiger partial charge in [-0.3, -0.25) is 9.69 Å². The van der Waals surface area contributed by atoms with Crippen molar-refractivity contribution in [3.8, 4) is 0 Å². The maximum atomic E-state index is 13.1. The second-order valence-electron chi connectivity index (χ2n) is 9.35. The van der Waals surface area contributed by atoms with Crippen molar-refractivity contribution >= 4 is 50.9 Å². The number of benzene rings is 2. The summed E-state index contributed by atoms with van der Waals surface area (Å²) in [5.41, 5.74) is 1.41. The van der Waals surface area contributed by atoms with Gasteiger partial charge in [0.25, 0.3) is 5.24 Å². The second kappa shape index (κ2) is 10.8. The first-order chi connectivity index (χ1) is 16.5. The minimum Gasteiger partial charge on any atom is -0.386 e. The quantitative estimate of drug-likeness (QED) is 0.376. The molecule has 6 nitrogen and oxygen atoms in total. The Bertz CT molecular complexity index is 1200. The van der Waals surface area contributed by atoms with Crippen LogP contribution in [0.5, 0.6) is 0 Å². The van der Waals surface area contributed by atoms with Crippen LogP contribution >= 0.6 is 35.8 Å². The second-order valence-corrected chi connectivity index (χ2v) is 12.7. The van der Waals surface area contributed by atoms with Gasteiger partial charge >= 0.3 is 0 Å². The Labute approximate surface area is 221 Å². The molecule has 2 aliphatic rings. The number of carbonyl (C=O) groups is 1. The highest BCUT2D eigenvalue weighted by atomic mass is 35.5. The van der Waals surface area contributed by atoms with Crippen LogP contribution in [-0.2, 0) is 22.8 Å². The van der Waals surface area contributed by atoms with E-state index in [1.165, 1.54) is 0 Å². The summed E-state index contributed by atoms with van der Waals surface area (Å²) in [5.74, 6) is -0.434. The van der Waals surface area contributed by atoms with E-state index in [9.17, 15) is 18.3 Å². The monoisotopic (exact) mass is 554 g/mol. The van der Waals surface area contributed by atoms with E-state index in [-0.39, 0.29) is 29.3 Å². The van der Waals surface area contributed by atoms with Crippen LogP contribution in [0.3, 0.4) is 0 Å². The van der Waals surface area contributed by atoms with Crippen molar-refractivity contribution < 1.29 is 18.3 Å². The van der Waals surface area contributed by atoms with Gasteiger partial charge in [0, 0.05) is 42.3 Å². The van der Waals surface area contributed by atoms with E-state index in [0.717, 1.165) is 16.7 Å². The van der Waals surface area contributed by atoms with Crippen molar-refractivity contribution in [1.82, 2.24) is 9.80 Å². The van der Waals surface area contributed by atoms with E-state index in [2.05, 4.69) is 17.5 Å². The SMILES string of the molecule is O=C(S)N1CC=C(CS(=O)(=O)CC2(O)CN(Cc3ccc(Cl)cc3)C2Cc2ccc(Cl)cc2)CC1. The van der Waals surface area contributed by atoms with Gasteiger partial charge in [0.2, 0.25) is 0 Å². The van der Waals surface area contributed by atoms with Crippen molar-refractivity contribution in [3.63, 3.8) is 0 Å². The molecule has 0 aliphatic carbocycles. The standard InChI is InChI=1S/C25H28Cl2N2O4S2/c26-21-5-1-18(2-6-21)13-23-25(31,16-29(23)14-19-3-7-22(27)8-4-19)17-35(32,33)15-20-9-11-28(12-10-20)24(30)34/h1-9,23,31H,10-17H2,(H,30,34). The smallest absolute Gasteiger partial charge is 0.278 e. The molecule has 0 aromatic heterocycles. The highest BCUT2D eigenvalue weighted by Gasteiger charge is 2.53. The molecule has 1 saturated heterocycles. The van der Waals surface area contributed by atoms with Gasteiger partial charge in [0.1, 0.15) is 5.60 Å². The summed E-state index contributed by atoms with van der Waals surface area (Å²) in [4.78, 5) is 15.1. The summed E-state index contributed by atoms with van der Waals surface area (Å²) < 4.78 is 26.2. The normalized spacial score (nSPS) is 23.0. The molecule has 10 heteroatoms. The predicted octanol–water partition coefficient (Wildman–Crippen LogP) is 4.25. The molecule has 0 spiro atoms. The lowest BCUT2D eigenvalue weighted by Crippen LogP contribution is -2.72. The summed E-state index contributed by atoms with van der Waals surface area (Å²) >= 11 is 15.9. The summed E-state index contributed by atoms with van der Waals surface area (Å²) in [6, 6.07) is 14.5. The van der Waals surface area contributed by atoms with Crippen LogP contribution in [0.15, 0.2) is 60.2 Å². The van der Waals surface area contributed by atoms with Crippen LogP contribution in [0.25, 0.3) is 0 Å². The molecule has 4 rings (SSSR count). The molecule has 188 valence electrons. The van der Waals surface area contributed by atoms with Crippen LogP contribution in [0, 0.1) is 0 Å². The number of hydrogen-bond acceptors (Lipinski definition) is 5. The van der Waals surface area contributed by atoms with Gasteiger partial charge in [0.15, 0.2) is 9.84 Å². The van der Waals surface area contributed by atoms with Gasteiger partial charge in [-0.1, -0.05) is 71.7 Å². The fourth-order valence-corrected chi connectivity index (χ4v) is 7.23. The van der Waals surface area contributed by atoms with Crippen molar-refractivity contribution in [1.29, 1.82) is 0 Å². The lowest BCUT2D eigenvalue weighted by atomic mass is 9.80. The molecule has 0 radical (unpaired) electrons. The largest absolute Gasteiger partial charge is 0.386 e. The first kappa shape index (κ1) is 26.5. The topological polar surface area (TPSA) is 77.9 Å². The number of likely N-dealkylation sites (tertiary alicyclic amines) is 1. The van der Waals surface area contributed by atoms with Gasteiger partial charge in [-0.2, -0.15) is 0 Å². The number of sulfone groups is 1. The third kappa shape index (κ3) is 6.81. The third-order valence-corrected chi connectivity index (χ3v) is 9.17. The molecule has 0 bridgehead atoms. The molecule has 2 unspecified atom stereocenters. The number of rotatable bonds is 8. The number of aliphatic hydroxyl groups is 1. The predicted molar refractivity (Wildman–Crippen MR) is 143 cm³/mol. The fourth-order valence-electron chi connectivity index (χ4n) is 4.82. The van der Waals surface area contributed by atoms with Crippen LogP contribution < -0.4 is 0 Å². The van der Waals surface area contributed by atoms with E-state index >= 15 is 0 Å². The highest BCUT2D eigenvalue weighted by molar-refractivity contribution is 7.96. The van der Waals surface area contributed by atoms with Gasteiger partial charge in [-0.05, 0) is 48.2 Å². The Hall–Kier alpha value is -1.55.